The van der Waals surface area contributed by atoms with Crippen LogP contribution in [0.5, 0.6) is 0 Å². The second-order valence-corrected chi connectivity index (χ2v) is 5.87. The molecule has 19 heavy (non-hydrogen) atoms. The quantitative estimate of drug-likeness (QED) is 0.777. The van der Waals surface area contributed by atoms with Gasteiger partial charge in [0.1, 0.15) is 0 Å². The third kappa shape index (κ3) is 4.08. The van der Waals surface area contributed by atoms with Crippen molar-refractivity contribution >= 4 is 6.03 Å². The molecule has 1 unspecified atom stereocenters. The van der Waals surface area contributed by atoms with Crippen LogP contribution in [0, 0.1) is 0 Å². The van der Waals surface area contributed by atoms with Crippen molar-refractivity contribution < 1.29 is 9.53 Å². The summed E-state index contributed by atoms with van der Waals surface area (Å²) in [4.78, 5) is 18.5. The van der Waals surface area contributed by atoms with Gasteiger partial charge in [-0.15, -0.1) is 0 Å². The van der Waals surface area contributed by atoms with Gasteiger partial charge in [0.15, 0.2) is 0 Å². The highest BCUT2D eigenvalue weighted by Crippen LogP contribution is 2.15. The molecule has 1 aliphatic heterocycles. The molecule has 0 spiro atoms. The fourth-order valence-corrected chi connectivity index (χ4v) is 2.51. The zero-order valence-corrected chi connectivity index (χ0v) is 13.2. The number of rotatable bonds is 4. The predicted molar refractivity (Wildman–Crippen MR) is 77.4 cm³/mol. The molecule has 0 N–H and O–H groups in total. The monoisotopic (exact) mass is 271 g/mol. The van der Waals surface area contributed by atoms with Crippen molar-refractivity contribution in [2.75, 3.05) is 40.4 Å². The zero-order valence-electron chi connectivity index (χ0n) is 13.2. The Morgan fingerprint density at radius 2 is 1.95 bits per heavy atom. The molecule has 1 heterocycles. The molecular weight excluding hydrogens is 242 g/mol. The average Bonchev–Trinajstić information content (AvgIpc) is 2.36. The summed E-state index contributed by atoms with van der Waals surface area (Å²) in [5.41, 5.74) is 0. The molecule has 0 aromatic rings. The van der Waals surface area contributed by atoms with Gasteiger partial charge in [-0.25, -0.2) is 4.79 Å². The lowest BCUT2D eigenvalue weighted by Crippen LogP contribution is -2.60. The van der Waals surface area contributed by atoms with Gasteiger partial charge in [-0.3, -0.25) is 4.90 Å². The van der Waals surface area contributed by atoms with Gasteiger partial charge in [0, 0.05) is 45.9 Å². The minimum Gasteiger partial charge on any atom is -0.383 e. The molecule has 1 aliphatic rings. The smallest absolute Gasteiger partial charge is 0.320 e. The molecule has 5 nitrogen and oxygen atoms in total. The lowest BCUT2D eigenvalue weighted by molar-refractivity contribution is 0.0146. The van der Waals surface area contributed by atoms with E-state index in [0.717, 1.165) is 19.6 Å². The van der Waals surface area contributed by atoms with Crippen LogP contribution >= 0.6 is 0 Å². The molecule has 0 radical (unpaired) electrons. The number of carbonyl (C=O) groups is 1. The van der Waals surface area contributed by atoms with E-state index in [-0.39, 0.29) is 12.1 Å². The van der Waals surface area contributed by atoms with E-state index < -0.39 is 0 Å². The van der Waals surface area contributed by atoms with Gasteiger partial charge in [-0.2, -0.15) is 0 Å². The lowest BCUT2D eigenvalue weighted by Gasteiger charge is -2.44. The highest BCUT2D eigenvalue weighted by atomic mass is 16.5. The van der Waals surface area contributed by atoms with E-state index in [1.54, 1.807) is 12.0 Å². The van der Waals surface area contributed by atoms with E-state index >= 15 is 0 Å². The summed E-state index contributed by atoms with van der Waals surface area (Å²) in [5, 5.41) is 0. The second-order valence-electron chi connectivity index (χ2n) is 5.87. The highest BCUT2D eigenvalue weighted by molar-refractivity contribution is 5.74. The predicted octanol–water partition coefficient (Wildman–Crippen LogP) is 1.49. The number of piperazine rings is 1. The van der Waals surface area contributed by atoms with Crippen molar-refractivity contribution in [3.05, 3.63) is 0 Å². The number of methoxy groups -OCH3 is 1. The van der Waals surface area contributed by atoms with Gasteiger partial charge in [-0.1, -0.05) is 0 Å². The maximum atomic E-state index is 12.4. The molecular formula is C14H29N3O2. The molecule has 0 aromatic carbocycles. The largest absolute Gasteiger partial charge is 0.383 e. The summed E-state index contributed by atoms with van der Waals surface area (Å²) in [6.45, 7) is 11.6. The van der Waals surface area contributed by atoms with Gasteiger partial charge in [0.05, 0.1) is 12.6 Å². The van der Waals surface area contributed by atoms with Crippen molar-refractivity contribution in [2.24, 2.45) is 0 Å². The molecule has 1 rings (SSSR count). The normalized spacial score (nSPS) is 21.3. The number of hydrogen-bond donors (Lipinski definition) is 0. The summed E-state index contributed by atoms with van der Waals surface area (Å²) >= 11 is 0. The van der Waals surface area contributed by atoms with Crippen LogP contribution in [0.4, 0.5) is 4.79 Å². The average molecular weight is 271 g/mol. The summed E-state index contributed by atoms with van der Waals surface area (Å²) < 4.78 is 5.30. The highest BCUT2D eigenvalue weighted by Gasteiger charge is 2.32. The van der Waals surface area contributed by atoms with E-state index in [1.165, 1.54) is 0 Å². The van der Waals surface area contributed by atoms with Crippen molar-refractivity contribution in [3.63, 3.8) is 0 Å². The number of nitrogens with zero attached hydrogens (tertiary/aromatic N) is 3. The second kappa shape index (κ2) is 7.10. The fraction of sp³-hybridized carbons (Fsp3) is 0.929. The minimum absolute atomic E-state index is 0.125. The molecule has 0 aromatic heterocycles. The molecule has 5 heteroatoms. The first-order valence-electron chi connectivity index (χ1n) is 7.14. The lowest BCUT2D eigenvalue weighted by atomic mass is 10.1. The van der Waals surface area contributed by atoms with Crippen molar-refractivity contribution in [1.29, 1.82) is 0 Å². The number of carbonyl (C=O) groups excluding carboxylic acids is 1. The Kier molecular flexibility index (Phi) is 6.07. The molecule has 0 saturated carbocycles. The van der Waals surface area contributed by atoms with Crippen LogP contribution in [0.25, 0.3) is 0 Å². The fourth-order valence-electron chi connectivity index (χ4n) is 2.51. The van der Waals surface area contributed by atoms with E-state index in [1.807, 2.05) is 25.8 Å². The Labute approximate surface area is 117 Å². The first kappa shape index (κ1) is 16.2. The van der Waals surface area contributed by atoms with Crippen LogP contribution in [0.3, 0.4) is 0 Å². The molecule has 1 fully saturated rings. The van der Waals surface area contributed by atoms with Crippen LogP contribution in [-0.4, -0.2) is 79.3 Å². The van der Waals surface area contributed by atoms with Gasteiger partial charge in [0.2, 0.25) is 0 Å². The first-order chi connectivity index (χ1) is 8.88. The minimum atomic E-state index is 0.125. The number of urea groups is 1. The van der Waals surface area contributed by atoms with Crippen LogP contribution in [0.2, 0.25) is 0 Å². The first-order valence-corrected chi connectivity index (χ1v) is 7.14. The molecule has 1 saturated heterocycles. The van der Waals surface area contributed by atoms with Gasteiger partial charge in [0.25, 0.3) is 0 Å². The Balaban J connectivity index is 2.68. The third-order valence-electron chi connectivity index (χ3n) is 3.90. The summed E-state index contributed by atoms with van der Waals surface area (Å²) in [5.74, 6) is 0. The van der Waals surface area contributed by atoms with Crippen LogP contribution in [-0.2, 0) is 4.74 Å². The van der Waals surface area contributed by atoms with Gasteiger partial charge >= 0.3 is 6.03 Å². The SMILES string of the molecule is COCC1CN(C(=O)N(C)C(C)C)CCN1C(C)C. The van der Waals surface area contributed by atoms with Crippen LogP contribution < -0.4 is 0 Å². The third-order valence-corrected chi connectivity index (χ3v) is 3.90. The van der Waals surface area contributed by atoms with Crippen LogP contribution in [0.15, 0.2) is 0 Å². The Hall–Kier alpha value is -0.810. The molecule has 1 atom stereocenters. The Bertz CT molecular complexity index is 294. The maximum Gasteiger partial charge on any atom is 0.320 e. The van der Waals surface area contributed by atoms with Crippen LogP contribution in [0.1, 0.15) is 27.7 Å². The molecule has 0 bridgehead atoms. The molecule has 112 valence electrons. The number of hydrogen-bond acceptors (Lipinski definition) is 3. The van der Waals surface area contributed by atoms with E-state index in [9.17, 15) is 4.79 Å². The van der Waals surface area contributed by atoms with Gasteiger partial charge < -0.3 is 14.5 Å². The zero-order chi connectivity index (χ0) is 14.6. The summed E-state index contributed by atoms with van der Waals surface area (Å²) in [6, 6.07) is 1.14. The summed E-state index contributed by atoms with van der Waals surface area (Å²) in [6.07, 6.45) is 0. The number of ether oxygens (including phenoxy) is 1. The van der Waals surface area contributed by atoms with E-state index in [2.05, 4.69) is 18.7 Å². The molecule has 2 amide bonds. The standard InChI is InChI=1S/C14H29N3O2/c1-11(2)15(5)14(18)16-7-8-17(12(3)4)13(9-16)10-19-6/h11-13H,7-10H2,1-6H3. The van der Waals surface area contributed by atoms with Gasteiger partial charge in [-0.05, 0) is 27.7 Å². The maximum absolute atomic E-state index is 12.4. The van der Waals surface area contributed by atoms with E-state index in [4.69, 9.17) is 4.74 Å². The van der Waals surface area contributed by atoms with Crippen molar-refractivity contribution in [2.45, 2.75) is 45.8 Å². The van der Waals surface area contributed by atoms with E-state index in [0.29, 0.717) is 18.7 Å². The number of amides is 2. The van der Waals surface area contributed by atoms with Crippen molar-refractivity contribution in [3.8, 4) is 0 Å². The Morgan fingerprint density at radius 3 is 2.42 bits per heavy atom. The topological polar surface area (TPSA) is 36.0 Å². The van der Waals surface area contributed by atoms with Crippen molar-refractivity contribution in [1.82, 2.24) is 14.7 Å². The summed E-state index contributed by atoms with van der Waals surface area (Å²) in [7, 11) is 3.59. The Morgan fingerprint density at radius 1 is 1.32 bits per heavy atom. The molecule has 0 aliphatic carbocycles.